The van der Waals surface area contributed by atoms with Crippen LogP contribution in [0.3, 0.4) is 0 Å². The van der Waals surface area contributed by atoms with Crippen LogP contribution in [0.2, 0.25) is 0 Å². The first-order valence-electron chi connectivity index (χ1n) is 7.13. The minimum Gasteiger partial charge on any atom is -0.493 e. The first-order valence-corrected chi connectivity index (χ1v) is 8.35. The third-order valence-corrected chi connectivity index (χ3v) is 4.63. The lowest BCUT2D eigenvalue weighted by Crippen LogP contribution is -2.27. The van der Waals surface area contributed by atoms with Crippen LogP contribution < -0.4 is 9.47 Å². The Morgan fingerprint density at radius 3 is 2.67 bits per heavy atom. The molecule has 0 saturated carbocycles. The maximum absolute atomic E-state index is 12.2. The van der Waals surface area contributed by atoms with Crippen LogP contribution in [0, 0.1) is 0 Å². The highest BCUT2D eigenvalue weighted by molar-refractivity contribution is 8.26. The Morgan fingerprint density at radius 1 is 1.33 bits per heavy atom. The van der Waals surface area contributed by atoms with Crippen molar-refractivity contribution < 1.29 is 23.8 Å². The lowest BCUT2D eigenvalue weighted by Gasteiger charge is -2.11. The molecule has 6 nitrogen and oxygen atoms in total. The maximum atomic E-state index is 12.2. The van der Waals surface area contributed by atoms with Gasteiger partial charge in [-0.3, -0.25) is 9.69 Å². The number of nitrogens with zero attached hydrogens (tertiary/aromatic N) is 1. The second-order valence-electron chi connectivity index (χ2n) is 4.70. The van der Waals surface area contributed by atoms with Crippen LogP contribution in [0.25, 0.3) is 6.08 Å². The Balaban J connectivity index is 2.21. The molecule has 1 heterocycles. The Labute approximate surface area is 149 Å². The zero-order chi connectivity index (χ0) is 17.7. The number of rotatable bonds is 6. The van der Waals surface area contributed by atoms with E-state index in [1.165, 1.54) is 26.0 Å². The third kappa shape index (κ3) is 4.07. The second-order valence-corrected chi connectivity index (χ2v) is 6.38. The number of thiocarbonyl (C=S) groups is 1. The predicted octanol–water partition coefficient (Wildman–Crippen LogP) is 2.47. The fraction of sp³-hybridized carbons (Fsp3) is 0.312. The van der Waals surface area contributed by atoms with E-state index in [4.69, 9.17) is 21.7 Å². The number of hydrogen-bond donors (Lipinski definition) is 0. The largest absolute Gasteiger partial charge is 0.493 e. The quantitative estimate of drug-likeness (QED) is 0.435. The molecule has 0 radical (unpaired) electrons. The van der Waals surface area contributed by atoms with E-state index in [0.29, 0.717) is 27.3 Å². The van der Waals surface area contributed by atoms with Crippen molar-refractivity contribution >= 4 is 46.3 Å². The standard InChI is InChI=1S/C16H17NO5S2/c1-4-17-15(19)13(24-16(17)23)8-10-5-6-11(12(7-10)20-2)22-9-14(18)21-3/h5-8H,4,9H2,1-3H3. The lowest BCUT2D eigenvalue weighted by molar-refractivity contribution is -0.142. The highest BCUT2D eigenvalue weighted by Crippen LogP contribution is 2.34. The molecule has 1 amide bonds. The highest BCUT2D eigenvalue weighted by Gasteiger charge is 2.30. The number of benzene rings is 1. The number of carbonyl (C=O) groups is 2. The van der Waals surface area contributed by atoms with Crippen LogP contribution in [0.5, 0.6) is 11.5 Å². The molecule has 0 N–H and O–H groups in total. The molecule has 1 aromatic rings. The summed E-state index contributed by atoms with van der Waals surface area (Å²) in [6.07, 6.45) is 1.75. The SMILES string of the molecule is CCN1C(=O)C(=Cc2ccc(OCC(=O)OC)c(OC)c2)SC1=S. The van der Waals surface area contributed by atoms with E-state index in [1.54, 1.807) is 29.2 Å². The normalized spacial score (nSPS) is 15.8. The molecule has 1 aromatic carbocycles. The molecule has 128 valence electrons. The van der Waals surface area contributed by atoms with E-state index in [-0.39, 0.29) is 12.5 Å². The van der Waals surface area contributed by atoms with Gasteiger partial charge in [-0.05, 0) is 30.7 Å². The van der Waals surface area contributed by atoms with Crippen molar-refractivity contribution in [2.75, 3.05) is 27.4 Å². The summed E-state index contributed by atoms with van der Waals surface area (Å²) >= 11 is 6.46. The molecule has 0 aliphatic carbocycles. The van der Waals surface area contributed by atoms with Gasteiger partial charge in [0.15, 0.2) is 18.1 Å². The number of likely N-dealkylation sites (N-methyl/N-ethyl adjacent to an activating group) is 1. The summed E-state index contributed by atoms with van der Waals surface area (Å²) < 4.78 is 15.7. The van der Waals surface area contributed by atoms with Gasteiger partial charge in [0.2, 0.25) is 0 Å². The summed E-state index contributed by atoms with van der Waals surface area (Å²) in [5.41, 5.74) is 0.772. The Kier molecular flexibility index (Phi) is 6.22. The molecule has 24 heavy (non-hydrogen) atoms. The molecular formula is C16H17NO5S2. The Bertz CT molecular complexity index is 702. The second kappa shape index (κ2) is 8.16. The predicted molar refractivity (Wildman–Crippen MR) is 96.1 cm³/mol. The van der Waals surface area contributed by atoms with Crippen molar-refractivity contribution in [2.45, 2.75) is 6.92 Å². The summed E-state index contributed by atoms with van der Waals surface area (Å²) in [6, 6.07) is 5.17. The first kappa shape index (κ1) is 18.3. The first-order chi connectivity index (χ1) is 11.5. The van der Waals surface area contributed by atoms with E-state index in [2.05, 4.69) is 4.74 Å². The Hall–Kier alpha value is -2.06. The van der Waals surface area contributed by atoms with Crippen molar-refractivity contribution in [2.24, 2.45) is 0 Å². The molecule has 0 aromatic heterocycles. The van der Waals surface area contributed by atoms with Gasteiger partial charge in [0, 0.05) is 6.54 Å². The summed E-state index contributed by atoms with van der Waals surface area (Å²) in [6.45, 7) is 2.22. The van der Waals surface area contributed by atoms with Crippen molar-refractivity contribution in [3.8, 4) is 11.5 Å². The van der Waals surface area contributed by atoms with Gasteiger partial charge < -0.3 is 14.2 Å². The van der Waals surface area contributed by atoms with E-state index in [9.17, 15) is 9.59 Å². The van der Waals surface area contributed by atoms with E-state index in [0.717, 1.165) is 5.56 Å². The van der Waals surface area contributed by atoms with E-state index >= 15 is 0 Å². The fourth-order valence-corrected chi connectivity index (χ4v) is 3.40. The number of thioether (sulfide) groups is 1. The van der Waals surface area contributed by atoms with Crippen molar-refractivity contribution in [1.82, 2.24) is 4.90 Å². The van der Waals surface area contributed by atoms with Gasteiger partial charge in [0.25, 0.3) is 5.91 Å². The van der Waals surface area contributed by atoms with E-state index < -0.39 is 5.97 Å². The molecule has 0 bridgehead atoms. The molecule has 0 atom stereocenters. The number of esters is 1. The number of amides is 1. The van der Waals surface area contributed by atoms with Gasteiger partial charge in [0.05, 0.1) is 19.1 Å². The van der Waals surface area contributed by atoms with Crippen molar-refractivity contribution in [3.63, 3.8) is 0 Å². The molecule has 1 aliphatic heterocycles. The third-order valence-electron chi connectivity index (χ3n) is 3.25. The lowest BCUT2D eigenvalue weighted by atomic mass is 10.2. The monoisotopic (exact) mass is 367 g/mol. The van der Waals surface area contributed by atoms with Crippen LogP contribution in [-0.2, 0) is 14.3 Å². The molecule has 1 fully saturated rings. The number of carbonyl (C=O) groups excluding carboxylic acids is 2. The van der Waals surface area contributed by atoms with Crippen LogP contribution in [0.4, 0.5) is 0 Å². The van der Waals surface area contributed by atoms with Gasteiger partial charge >= 0.3 is 5.97 Å². The van der Waals surface area contributed by atoms with Crippen LogP contribution in [-0.4, -0.2) is 48.5 Å². The summed E-state index contributed by atoms with van der Waals surface area (Å²) in [4.78, 5) is 25.5. The summed E-state index contributed by atoms with van der Waals surface area (Å²) in [7, 11) is 2.79. The van der Waals surface area contributed by atoms with Gasteiger partial charge in [-0.1, -0.05) is 30.0 Å². The fourth-order valence-electron chi connectivity index (χ4n) is 2.01. The maximum Gasteiger partial charge on any atom is 0.343 e. The van der Waals surface area contributed by atoms with Gasteiger partial charge in [-0.25, -0.2) is 4.79 Å². The van der Waals surface area contributed by atoms with E-state index in [1.807, 2.05) is 6.92 Å². The van der Waals surface area contributed by atoms with Crippen molar-refractivity contribution in [3.05, 3.63) is 28.7 Å². The molecule has 0 spiro atoms. The number of ether oxygens (including phenoxy) is 3. The molecule has 0 unspecified atom stereocenters. The average molecular weight is 367 g/mol. The topological polar surface area (TPSA) is 65.1 Å². The zero-order valence-corrected chi connectivity index (χ0v) is 15.2. The average Bonchev–Trinajstić information content (AvgIpc) is 2.86. The number of methoxy groups -OCH3 is 2. The van der Waals surface area contributed by atoms with Gasteiger partial charge in [-0.2, -0.15) is 0 Å². The van der Waals surface area contributed by atoms with Crippen LogP contribution in [0.1, 0.15) is 12.5 Å². The van der Waals surface area contributed by atoms with Crippen LogP contribution in [0.15, 0.2) is 23.1 Å². The Morgan fingerprint density at radius 2 is 2.08 bits per heavy atom. The molecule has 8 heteroatoms. The molecule has 1 aliphatic rings. The van der Waals surface area contributed by atoms with Gasteiger partial charge in [-0.15, -0.1) is 0 Å². The smallest absolute Gasteiger partial charge is 0.343 e. The molecule has 2 rings (SSSR count). The van der Waals surface area contributed by atoms with Gasteiger partial charge in [0.1, 0.15) is 4.32 Å². The zero-order valence-electron chi connectivity index (χ0n) is 13.5. The number of hydrogen-bond acceptors (Lipinski definition) is 7. The molecule has 1 saturated heterocycles. The van der Waals surface area contributed by atoms with Crippen LogP contribution >= 0.6 is 24.0 Å². The summed E-state index contributed by atoms with van der Waals surface area (Å²) in [5.74, 6) is 0.293. The molecular weight excluding hydrogens is 350 g/mol. The highest BCUT2D eigenvalue weighted by atomic mass is 32.2. The van der Waals surface area contributed by atoms with Crippen molar-refractivity contribution in [1.29, 1.82) is 0 Å². The minimum atomic E-state index is -0.482. The minimum absolute atomic E-state index is 0.0996. The summed E-state index contributed by atoms with van der Waals surface area (Å²) in [5, 5.41) is 0.